The third kappa shape index (κ3) is 5.43. The van der Waals surface area contributed by atoms with Gasteiger partial charge in [0.25, 0.3) is 0 Å². The number of rotatable bonds is 7. The van der Waals surface area contributed by atoms with E-state index in [2.05, 4.69) is 14.7 Å². The van der Waals surface area contributed by atoms with Crippen molar-refractivity contribution in [3.63, 3.8) is 0 Å². The van der Waals surface area contributed by atoms with Crippen LogP contribution >= 0.6 is 11.6 Å². The minimum Gasteiger partial charge on any atom is -0.490 e. The minimum absolute atomic E-state index is 0.0497. The summed E-state index contributed by atoms with van der Waals surface area (Å²) in [5.74, 6) is 0.0297. The lowest BCUT2D eigenvalue weighted by Gasteiger charge is -2.26. The van der Waals surface area contributed by atoms with Gasteiger partial charge in [-0.25, -0.2) is 19.1 Å². The fourth-order valence-corrected chi connectivity index (χ4v) is 3.42. The van der Waals surface area contributed by atoms with E-state index in [4.69, 9.17) is 16.3 Å². The molecule has 2 aromatic carbocycles. The molecule has 0 bridgehead atoms. The Labute approximate surface area is 193 Å². The number of methoxy groups -OCH3 is 1. The molecule has 9 nitrogen and oxygen atoms in total. The van der Waals surface area contributed by atoms with E-state index in [9.17, 15) is 14.4 Å². The highest BCUT2D eigenvalue weighted by Gasteiger charge is 2.19. The van der Waals surface area contributed by atoms with E-state index in [0.717, 1.165) is 28.7 Å². The molecule has 1 heterocycles. The Morgan fingerprint density at radius 1 is 1.09 bits per heavy atom. The Morgan fingerprint density at radius 2 is 1.79 bits per heavy atom. The summed E-state index contributed by atoms with van der Waals surface area (Å²) in [6.45, 7) is -0.408. The molecule has 1 aliphatic rings. The maximum atomic E-state index is 13.1. The zero-order valence-electron chi connectivity index (χ0n) is 18.0. The van der Waals surface area contributed by atoms with Gasteiger partial charge in [0.15, 0.2) is 0 Å². The van der Waals surface area contributed by atoms with Gasteiger partial charge < -0.3 is 9.47 Å². The normalized spacial score (nSPS) is 14.1. The van der Waals surface area contributed by atoms with Crippen molar-refractivity contribution in [2.45, 2.75) is 38.5 Å². The van der Waals surface area contributed by atoms with Crippen LogP contribution in [0.25, 0.3) is 0 Å². The molecule has 1 aliphatic carbocycles. The molecule has 0 spiro atoms. The second-order valence-corrected chi connectivity index (χ2v) is 8.12. The van der Waals surface area contributed by atoms with Crippen molar-refractivity contribution in [2.75, 3.05) is 7.11 Å². The van der Waals surface area contributed by atoms with Gasteiger partial charge in [-0.05, 0) is 61.2 Å². The van der Waals surface area contributed by atoms with Crippen LogP contribution in [-0.2, 0) is 22.6 Å². The van der Waals surface area contributed by atoms with Crippen molar-refractivity contribution in [1.82, 2.24) is 14.1 Å². The summed E-state index contributed by atoms with van der Waals surface area (Å²) in [7, 11) is 1.19. The molecule has 0 atom stereocenters. The molecule has 0 amide bonds. The lowest BCUT2D eigenvalue weighted by atomic mass is 9.96. The average molecular weight is 471 g/mol. The molecule has 3 aromatic rings. The monoisotopic (exact) mass is 470 g/mol. The van der Waals surface area contributed by atoms with E-state index in [0.29, 0.717) is 10.7 Å². The zero-order valence-corrected chi connectivity index (χ0v) is 18.7. The van der Waals surface area contributed by atoms with Gasteiger partial charge in [-0.15, -0.1) is 0 Å². The third-order valence-electron chi connectivity index (χ3n) is 5.38. The molecule has 1 N–H and O–H groups in total. The van der Waals surface area contributed by atoms with E-state index in [1.54, 1.807) is 48.5 Å². The number of hydrogen-bond acceptors (Lipinski definition) is 6. The number of carbonyl (C=O) groups excluding carboxylic acids is 1. The lowest BCUT2D eigenvalue weighted by molar-refractivity contribution is -0.141. The molecule has 1 fully saturated rings. The maximum absolute atomic E-state index is 13.1. The minimum atomic E-state index is -0.763. The van der Waals surface area contributed by atoms with Crippen LogP contribution < -0.4 is 21.7 Å². The van der Waals surface area contributed by atoms with Crippen LogP contribution in [0.15, 0.2) is 63.1 Å². The Hall–Kier alpha value is -3.59. The van der Waals surface area contributed by atoms with Gasteiger partial charge in [0, 0.05) is 5.02 Å². The first-order valence-corrected chi connectivity index (χ1v) is 10.9. The topological polar surface area (TPSA) is 108 Å². The number of aromatic amines is 1. The van der Waals surface area contributed by atoms with Gasteiger partial charge in [0.2, 0.25) is 5.62 Å². The first-order chi connectivity index (χ1) is 15.9. The van der Waals surface area contributed by atoms with Crippen molar-refractivity contribution in [3.8, 4) is 5.75 Å². The number of nitrogens with one attached hydrogen (secondary N) is 1. The maximum Gasteiger partial charge on any atom is 0.335 e. The highest BCUT2D eigenvalue weighted by Crippen LogP contribution is 2.26. The highest BCUT2D eigenvalue weighted by molar-refractivity contribution is 6.30. The number of benzene rings is 2. The van der Waals surface area contributed by atoms with Crippen LogP contribution in [0.2, 0.25) is 5.02 Å². The quantitative estimate of drug-likeness (QED) is 0.533. The van der Waals surface area contributed by atoms with Gasteiger partial charge >= 0.3 is 17.3 Å². The van der Waals surface area contributed by atoms with Crippen LogP contribution in [0.5, 0.6) is 5.75 Å². The number of hydrogen-bond donors (Lipinski definition) is 1. The van der Waals surface area contributed by atoms with Crippen molar-refractivity contribution < 1.29 is 14.3 Å². The Morgan fingerprint density at radius 3 is 2.39 bits per heavy atom. The molecule has 1 aromatic heterocycles. The molecular formula is C23H23ClN4O5. The number of halogens is 1. The van der Waals surface area contributed by atoms with Crippen LogP contribution in [-0.4, -0.2) is 33.3 Å². The van der Waals surface area contributed by atoms with E-state index < -0.39 is 23.9 Å². The van der Waals surface area contributed by atoms with Gasteiger partial charge in [-0.2, -0.15) is 0 Å². The number of nitrogens with zero attached hydrogens (tertiary/aromatic N) is 3. The van der Waals surface area contributed by atoms with Crippen molar-refractivity contribution in [1.29, 1.82) is 0 Å². The third-order valence-corrected chi connectivity index (χ3v) is 5.63. The highest BCUT2D eigenvalue weighted by atomic mass is 35.5. The number of carbonyl (C=O) groups is 1. The second-order valence-electron chi connectivity index (χ2n) is 7.69. The number of ether oxygens (including phenoxy) is 2. The van der Waals surface area contributed by atoms with Crippen LogP contribution in [0, 0.1) is 0 Å². The predicted octanol–water partition coefficient (Wildman–Crippen LogP) is 2.38. The molecule has 172 valence electrons. The number of aromatic nitrogens is 3. The van der Waals surface area contributed by atoms with Crippen molar-refractivity contribution >= 4 is 23.3 Å². The molecular weight excluding hydrogens is 448 g/mol. The van der Waals surface area contributed by atoms with Crippen LogP contribution in [0.3, 0.4) is 0 Å². The summed E-state index contributed by atoms with van der Waals surface area (Å²) in [6, 6.07) is 14.0. The summed E-state index contributed by atoms with van der Waals surface area (Å²) in [6.07, 6.45) is 3.55. The molecule has 1 saturated carbocycles. The fraction of sp³-hybridized carbons (Fsp3) is 0.304. The summed E-state index contributed by atoms with van der Waals surface area (Å²) in [4.78, 5) is 44.5. The SMILES string of the molecule is COC(=O)Cn1c(=O)[nH]/c(=N\c2ccc(OC3CCC3)cc2)n(Cc2ccc(Cl)cc2)c1=O. The summed E-state index contributed by atoms with van der Waals surface area (Å²) in [5, 5.41) is 0.558. The Kier molecular flexibility index (Phi) is 6.79. The van der Waals surface area contributed by atoms with Crippen molar-refractivity contribution in [3.05, 3.63) is 85.7 Å². The van der Waals surface area contributed by atoms with Crippen LogP contribution in [0.1, 0.15) is 24.8 Å². The molecule has 33 heavy (non-hydrogen) atoms. The van der Waals surface area contributed by atoms with Crippen LogP contribution in [0.4, 0.5) is 5.69 Å². The molecule has 0 aliphatic heterocycles. The predicted molar refractivity (Wildman–Crippen MR) is 122 cm³/mol. The van der Waals surface area contributed by atoms with E-state index >= 15 is 0 Å². The van der Waals surface area contributed by atoms with E-state index in [1.807, 2.05) is 0 Å². The van der Waals surface area contributed by atoms with Crippen molar-refractivity contribution in [2.24, 2.45) is 4.99 Å². The Balaban J connectivity index is 1.75. The molecule has 0 saturated heterocycles. The standard InChI is InChI=1S/C23H23ClN4O5/c1-32-20(29)14-28-22(30)26-21(27(23(28)31)13-15-5-7-16(24)8-6-15)25-17-9-11-19(12-10-17)33-18-3-2-4-18/h5-12,18H,2-4,13-14H2,1H3,(H,25,26,30). The largest absolute Gasteiger partial charge is 0.490 e. The average Bonchev–Trinajstić information content (AvgIpc) is 2.78. The van der Waals surface area contributed by atoms with Gasteiger partial charge in [-0.3, -0.25) is 14.3 Å². The molecule has 4 rings (SSSR count). The lowest BCUT2D eigenvalue weighted by Crippen LogP contribution is -2.51. The van der Waals surface area contributed by atoms with Gasteiger partial charge in [-0.1, -0.05) is 23.7 Å². The molecule has 10 heteroatoms. The van der Waals surface area contributed by atoms with Gasteiger partial charge in [0.05, 0.1) is 25.4 Å². The molecule has 0 radical (unpaired) electrons. The number of H-pyrrole nitrogens is 1. The zero-order chi connectivity index (χ0) is 23.4. The van der Waals surface area contributed by atoms with Gasteiger partial charge in [0.1, 0.15) is 12.3 Å². The Bertz CT molecular complexity index is 1320. The second kappa shape index (κ2) is 9.91. The first-order valence-electron chi connectivity index (χ1n) is 10.5. The summed E-state index contributed by atoms with van der Waals surface area (Å²) in [5.41, 5.74) is -0.113. The van der Waals surface area contributed by atoms with E-state index in [-0.39, 0.29) is 18.3 Å². The summed E-state index contributed by atoms with van der Waals surface area (Å²) >= 11 is 5.96. The summed E-state index contributed by atoms with van der Waals surface area (Å²) < 4.78 is 12.5. The molecule has 0 unspecified atom stereocenters. The number of esters is 1. The first kappa shape index (κ1) is 22.6. The smallest absolute Gasteiger partial charge is 0.335 e. The van der Waals surface area contributed by atoms with E-state index in [1.165, 1.54) is 18.1 Å². The fourth-order valence-electron chi connectivity index (χ4n) is 3.29.